The van der Waals surface area contributed by atoms with E-state index in [1.165, 1.54) is 6.07 Å². The molecule has 0 fully saturated rings. The van der Waals surface area contributed by atoms with Gasteiger partial charge in [-0.05, 0) is 17.7 Å². The van der Waals surface area contributed by atoms with Gasteiger partial charge < -0.3 is 14.8 Å². The average molecular weight is 315 g/mol. The van der Waals surface area contributed by atoms with E-state index in [0.29, 0.717) is 0 Å². The summed E-state index contributed by atoms with van der Waals surface area (Å²) in [5.74, 6) is -4.27. The fourth-order valence-electron chi connectivity index (χ4n) is 1.67. The molecule has 0 aliphatic heterocycles. The molecule has 0 aromatic heterocycles. The zero-order chi connectivity index (χ0) is 16.7. The fourth-order valence-corrected chi connectivity index (χ4v) is 1.67. The maximum absolute atomic E-state index is 13.1. The standard InChI is InChI=1S/C14H15F2NO5/c1-21-13(19)7-11(14(20)22-2)17-12(18)6-8-3-4-9(15)10(16)5-8/h3-5,11H,6-7H2,1-2H3,(H,17,18)/t11-/m0/s1. The number of benzene rings is 1. The van der Waals surface area contributed by atoms with E-state index in [1.807, 2.05) is 0 Å². The van der Waals surface area contributed by atoms with Crippen molar-refractivity contribution in [2.45, 2.75) is 18.9 Å². The lowest BCUT2D eigenvalue weighted by Gasteiger charge is -2.15. The molecule has 0 bridgehead atoms. The van der Waals surface area contributed by atoms with Crippen LogP contribution in [0.5, 0.6) is 0 Å². The first-order valence-electron chi connectivity index (χ1n) is 6.25. The SMILES string of the molecule is COC(=O)C[C@H](NC(=O)Cc1ccc(F)c(F)c1)C(=O)OC. The lowest BCUT2D eigenvalue weighted by atomic mass is 10.1. The maximum atomic E-state index is 13.1. The van der Waals surface area contributed by atoms with Crippen LogP contribution in [0.1, 0.15) is 12.0 Å². The summed E-state index contributed by atoms with van der Waals surface area (Å²) in [4.78, 5) is 34.5. The third-order valence-electron chi connectivity index (χ3n) is 2.77. The summed E-state index contributed by atoms with van der Waals surface area (Å²) < 4.78 is 34.7. The molecule has 0 saturated heterocycles. The Balaban J connectivity index is 2.71. The number of ether oxygens (including phenoxy) is 2. The predicted octanol–water partition coefficient (Wildman–Crippen LogP) is 0.728. The number of carbonyl (C=O) groups excluding carboxylic acids is 3. The maximum Gasteiger partial charge on any atom is 0.328 e. The third kappa shape index (κ3) is 5.12. The van der Waals surface area contributed by atoms with E-state index in [4.69, 9.17) is 0 Å². The van der Waals surface area contributed by atoms with Crippen LogP contribution in [0.2, 0.25) is 0 Å². The lowest BCUT2D eigenvalue weighted by molar-refractivity contribution is -0.150. The second kappa shape index (κ2) is 8.06. The molecule has 6 nitrogen and oxygen atoms in total. The van der Waals surface area contributed by atoms with Crippen LogP contribution in [-0.4, -0.2) is 38.1 Å². The molecule has 22 heavy (non-hydrogen) atoms. The first kappa shape index (κ1) is 17.5. The molecule has 0 spiro atoms. The molecular weight excluding hydrogens is 300 g/mol. The van der Waals surface area contributed by atoms with Gasteiger partial charge in [-0.25, -0.2) is 13.6 Å². The number of hydrogen-bond acceptors (Lipinski definition) is 5. The summed E-state index contributed by atoms with van der Waals surface area (Å²) in [6.45, 7) is 0. The minimum atomic E-state index is -1.21. The zero-order valence-electron chi connectivity index (χ0n) is 12.0. The first-order chi connectivity index (χ1) is 10.4. The van der Waals surface area contributed by atoms with Crippen molar-refractivity contribution < 1.29 is 32.6 Å². The normalized spacial score (nSPS) is 11.5. The molecule has 120 valence electrons. The summed E-state index contributed by atoms with van der Waals surface area (Å²) in [5, 5.41) is 2.28. The van der Waals surface area contributed by atoms with Crippen LogP contribution in [0.3, 0.4) is 0 Å². The van der Waals surface area contributed by atoms with Gasteiger partial charge in [0.05, 0.1) is 27.1 Å². The highest BCUT2D eigenvalue weighted by atomic mass is 19.2. The van der Waals surface area contributed by atoms with Gasteiger partial charge in [-0.1, -0.05) is 6.07 Å². The van der Waals surface area contributed by atoms with Gasteiger partial charge in [-0.3, -0.25) is 9.59 Å². The summed E-state index contributed by atoms with van der Waals surface area (Å²) in [6, 6.07) is 1.80. The molecule has 1 amide bonds. The van der Waals surface area contributed by atoms with E-state index >= 15 is 0 Å². The van der Waals surface area contributed by atoms with E-state index in [9.17, 15) is 23.2 Å². The van der Waals surface area contributed by atoms with Crippen molar-refractivity contribution in [1.82, 2.24) is 5.32 Å². The van der Waals surface area contributed by atoms with Gasteiger partial charge >= 0.3 is 11.9 Å². The van der Waals surface area contributed by atoms with Crippen molar-refractivity contribution in [2.24, 2.45) is 0 Å². The fraction of sp³-hybridized carbons (Fsp3) is 0.357. The molecule has 0 heterocycles. The number of hydrogen-bond donors (Lipinski definition) is 1. The minimum absolute atomic E-state index is 0.220. The van der Waals surface area contributed by atoms with Crippen molar-refractivity contribution in [2.75, 3.05) is 14.2 Å². The van der Waals surface area contributed by atoms with Crippen LogP contribution < -0.4 is 5.32 Å². The number of nitrogens with one attached hydrogen (secondary N) is 1. The second-order valence-electron chi connectivity index (χ2n) is 4.35. The van der Waals surface area contributed by atoms with Crippen LogP contribution in [0, 0.1) is 11.6 Å². The van der Waals surface area contributed by atoms with Crippen molar-refractivity contribution >= 4 is 17.8 Å². The molecule has 1 atom stereocenters. The average Bonchev–Trinajstić information content (AvgIpc) is 2.49. The Kier molecular flexibility index (Phi) is 6.43. The van der Waals surface area contributed by atoms with Crippen molar-refractivity contribution in [3.8, 4) is 0 Å². The summed E-state index contributed by atoms with van der Waals surface area (Å²) >= 11 is 0. The van der Waals surface area contributed by atoms with Crippen LogP contribution in [0.25, 0.3) is 0 Å². The number of methoxy groups -OCH3 is 2. The van der Waals surface area contributed by atoms with Crippen molar-refractivity contribution in [3.63, 3.8) is 0 Å². The number of amides is 1. The molecule has 0 unspecified atom stereocenters. The third-order valence-corrected chi connectivity index (χ3v) is 2.77. The highest BCUT2D eigenvalue weighted by Gasteiger charge is 2.25. The Bertz CT molecular complexity index is 576. The zero-order valence-corrected chi connectivity index (χ0v) is 12.0. The smallest absolute Gasteiger partial charge is 0.328 e. The first-order valence-corrected chi connectivity index (χ1v) is 6.25. The molecule has 1 N–H and O–H groups in total. The Labute approximate surface area is 125 Å². The van der Waals surface area contributed by atoms with Crippen LogP contribution in [0.15, 0.2) is 18.2 Å². The molecule has 0 aliphatic carbocycles. The summed E-state index contributed by atoms with van der Waals surface area (Å²) in [7, 11) is 2.24. The molecular formula is C14H15F2NO5. The largest absolute Gasteiger partial charge is 0.469 e. The van der Waals surface area contributed by atoms with E-state index in [0.717, 1.165) is 26.4 Å². The number of halogens is 2. The molecule has 0 radical (unpaired) electrons. The molecule has 0 aliphatic rings. The monoisotopic (exact) mass is 315 g/mol. The lowest BCUT2D eigenvalue weighted by Crippen LogP contribution is -2.43. The Hall–Kier alpha value is -2.51. The second-order valence-corrected chi connectivity index (χ2v) is 4.35. The summed E-state index contributed by atoms with van der Waals surface area (Å²) in [6.07, 6.45) is -0.682. The summed E-state index contributed by atoms with van der Waals surface area (Å²) in [5.41, 5.74) is 0.220. The van der Waals surface area contributed by atoms with Gasteiger partial charge in [0.1, 0.15) is 6.04 Å². The molecule has 1 aromatic rings. The number of rotatable bonds is 6. The van der Waals surface area contributed by atoms with Crippen molar-refractivity contribution in [1.29, 1.82) is 0 Å². The van der Waals surface area contributed by atoms with Gasteiger partial charge in [0, 0.05) is 0 Å². The van der Waals surface area contributed by atoms with Gasteiger partial charge in [-0.15, -0.1) is 0 Å². The van der Waals surface area contributed by atoms with Gasteiger partial charge in [-0.2, -0.15) is 0 Å². The number of carbonyl (C=O) groups is 3. The van der Waals surface area contributed by atoms with Gasteiger partial charge in [0.2, 0.25) is 5.91 Å². The number of esters is 2. The highest BCUT2D eigenvalue weighted by Crippen LogP contribution is 2.09. The van der Waals surface area contributed by atoms with E-state index < -0.39 is 41.9 Å². The van der Waals surface area contributed by atoms with E-state index in [2.05, 4.69) is 14.8 Å². The predicted molar refractivity (Wildman–Crippen MR) is 70.6 cm³/mol. The Morgan fingerprint density at radius 2 is 1.82 bits per heavy atom. The quantitative estimate of drug-likeness (QED) is 0.783. The highest BCUT2D eigenvalue weighted by molar-refractivity contribution is 5.88. The van der Waals surface area contributed by atoms with Crippen LogP contribution in [-0.2, 0) is 30.3 Å². The van der Waals surface area contributed by atoms with Crippen LogP contribution >= 0.6 is 0 Å². The van der Waals surface area contributed by atoms with Gasteiger partial charge in [0.25, 0.3) is 0 Å². The molecule has 0 saturated carbocycles. The van der Waals surface area contributed by atoms with Crippen LogP contribution in [0.4, 0.5) is 8.78 Å². The van der Waals surface area contributed by atoms with Crippen molar-refractivity contribution in [3.05, 3.63) is 35.4 Å². The topological polar surface area (TPSA) is 81.7 Å². The Morgan fingerprint density at radius 1 is 1.14 bits per heavy atom. The molecule has 1 aromatic carbocycles. The van der Waals surface area contributed by atoms with Gasteiger partial charge in [0.15, 0.2) is 11.6 Å². The molecule has 1 rings (SSSR count). The minimum Gasteiger partial charge on any atom is -0.469 e. The Morgan fingerprint density at radius 3 is 2.36 bits per heavy atom. The van der Waals surface area contributed by atoms with E-state index in [1.54, 1.807) is 0 Å². The van der Waals surface area contributed by atoms with E-state index in [-0.39, 0.29) is 12.0 Å². The molecule has 8 heteroatoms.